The summed E-state index contributed by atoms with van der Waals surface area (Å²) >= 11 is 6.60. The largest absolute Gasteiger partial charge is 0.461 e. The maximum Gasteiger partial charge on any atom is 0.319 e. The van der Waals surface area contributed by atoms with E-state index in [0.29, 0.717) is 40.5 Å². The van der Waals surface area contributed by atoms with Crippen molar-refractivity contribution in [3.63, 3.8) is 0 Å². The van der Waals surface area contributed by atoms with E-state index in [-0.39, 0.29) is 35.5 Å². The molecule has 0 unspecified atom stereocenters. The highest BCUT2D eigenvalue weighted by atomic mass is 35.5. The fourth-order valence-corrected chi connectivity index (χ4v) is 8.24. The quantitative estimate of drug-likeness (QED) is 0.299. The molecular weight excluding hydrogens is 558 g/mol. The van der Waals surface area contributed by atoms with Gasteiger partial charge >= 0.3 is 6.01 Å². The summed E-state index contributed by atoms with van der Waals surface area (Å²) in [5.74, 6) is 0.127. The average molecular weight is 591 g/mol. The Labute approximate surface area is 248 Å². The summed E-state index contributed by atoms with van der Waals surface area (Å²) in [6, 6.07) is 12.2. The van der Waals surface area contributed by atoms with E-state index in [1.54, 1.807) is 12.3 Å². The Morgan fingerprint density at radius 1 is 1.05 bits per heavy atom. The van der Waals surface area contributed by atoms with Crippen LogP contribution in [0.3, 0.4) is 0 Å². The van der Waals surface area contributed by atoms with Crippen LogP contribution in [0.2, 0.25) is 5.02 Å². The SMILES string of the molecule is FC[C@H]1CC[C@@]2(COc3nc(N4C[C@H]5CC[C@@H](C4)N5)c4cnc(-c5cccc6cccc(Cl)c56)c(F)c4n3)CCCN12. The second-order valence-corrected chi connectivity index (χ2v) is 12.8. The van der Waals surface area contributed by atoms with Crippen LogP contribution in [0.1, 0.15) is 38.5 Å². The van der Waals surface area contributed by atoms with E-state index < -0.39 is 5.82 Å². The van der Waals surface area contributed by atoms with Gasteiger partial charge in [0.25, 0.3) is 0 Å². The van der Waals surface area contributed by atoms with E-state index in [1.807, 2.05) is 30.3 Å². The number of pyridine rings is 1. The molecule has 4 aliphatic rings. The van der Waals surface area contributed by atoms with Crippen molar-refractivity contribution in [2.24, 2.45) is 0 Å². The van der Waals surface area contributed by atoms with E-state index in [1.165, 1.54) is 0 Å². The molecule has 6 heterocycles. The standard InChI is InChI=1S/C32H33ClF2N6O/c33-25-7-2-5-19-4-1-6-23(26(19)25)28-27(35)29-24(15-36-28)30(40-16-20-8-9-21(17-40)37-20)39-31(38-29)42-18-32-11-3-13-41(32)22(14-34)10-12-32/h1-2,4-7,15,20-22,37H,3,8-14,16-18H2/t20-,21+,22-,32-/m1/s1. The first kappa shape index (κ1) is 26.5. The highest BCUT2D eigenvalue weighted by Crippen LogP contribution is 2.43. The zero-order valence-electron chi connectivity index (χ0n) is 23.3. The molecule has 2 aromatic carbocycles. The van der Waals surface area contributed by atoms with Crippen LogP contribution in [0.25, 0.3) is 32.9 Å². The van der Waals surface area contributed by atoms with E-state index in [2.05, 4.69) is 25.1 Å². The van der Waals surface area contributed by atoms with Crippen LogP contribution in [0.4, 0.5) is 14.6 Å². The molecule has 8 rings (SSSR count). The first-order valence-corrected chi connectivity index (χ1v) is 15.4. The molecule has 1 N–H and O–H groups in total. The van der Waals surface area contributed by atoms with Crippen molar-refractivity contribution in [3.8, 4) is 17.3 Å². The fraction of sp³-hybridized carbons (Fsp3) is 0.469. The first-order valence-electron chi connectivity index (χ1n) is 15.0. The second-order valence-electron chi connectivity index (χ2n) is 12.4. The maximum absolute atomic E-state index is 16.6. The minimum atomic E-state index is -0.523. The van der Waals surface area contributed by atoms with Gasteiger partial charge in [-0.1, -0.05) is 41.9 Å². The number of alkyl halides is 1. The Bertz CT molecular complexity index is 1670. The molecule has 0 radical (unpaired) electrons. The zero-order chi connectivity index (χ0) is 28.4. The second kappa shape index (κ2) is 10.2. The van der Waals surface area contributed by atoms with Crippen LogP contribution in [0, 0.1) is 5.82 Å². The molecule has 218 valence electrons. The van der Waals surface area contributed by atoms with Gasteiger partial charge in [0.15, 0.2) is 5.82 Å². The number of ether oxygens (including phenoxy) is 1. The Morgan fingerprint density at radius 2 is 1.86 bits per heavy atom. The van der Waals surface area contributed by atoms with Crippen molar-refractivity contribution in [2.75, 3.05) is 37.8 Å². The minimum Gasteiger partial charge on any atom is -0.461 e. The van der Waals surface area contributed by atoms with Crippen LogP contribution < -0.4 is 15.0 Å². The number of nitrogens with one attached hydrogen (secondary N) is 1. The molecule has 0 aliphatic carbocycles. The molecule has 2 bridgehead atoms. The van der Waals surface area contributed by atoms with E-state index >= 15 is 4.39 Å². The fourth-order valence-electron chi connectivity index (χ4n) is 7.95. The molecule has 2 aromatic heterocycles. The summed E-state index contributed by atoms with van der Waals surface area (Å²) in [6.07, 6.45) is 7.59. The molecule has 4 aromatic rings. The van der Waals surface area contributed by atoms with Gasteiger partial charge in [0.1, 0.15) is 30.3 Å². The lowest BCUT2D eigenvalue weighted by Gasteiger charge is -2.35. The van der Waals surface area contributed by atoms with Gasteiger partial charge in [-0.2, -0.15) is 9.97 Å². The van der Waals surface area contributed by atoms with Crippen LogP contribution in [0.15, 0.2) is 42.6 Å². The number of rotatable bonds is 6. The molecule has 42 heavy (non-hydrogen) atoms. The van der Waals surface area contributed by atoms with Crippen molar-refractivity contribution in [1.29, 1.82) is 0 Å². The summed E-state index contributed by atoms with van der Waals surface area (Å²) in [7, 11) is 0. The third kappa shape index (κ3) is 4.23. The van der Waals surface area contributed by atoms with Crippen molar-refractivity contribution in [3.05, 3.63) is 53.4 Å². The molecule has 0 spiro atoms. The number of benzene rings is 2. The van der Waals surface area contributed by atoms with Crippen molar-refractivity contribution < 1.29 is 13.5 Å². The van der Waals surface area contributed by atoms with Crippen molar-refractivity contribution in [1.82, 2.24) is 25.2 Å². The first-order chi connectivity index (χ1) is 20.5. The van der Waals surface area contributed by atoms with Crippen molar-refractivity contribution >= 4 is 39.1 Å². The Morgan fingerprint density at radius 3 is 2.67 bits per heavy atom. The summed E-state index contributed by atoms with van der Waals surface area (Å²) in [5.41, 5.74) is 0.776. The number of piperazine rings is 1. The van der Waals surface area contributed by atoms with Crippen LogP contribution in [-0.4, -0.2) is 76.4 Å². The average Bonchev–Trinajstić information content (AvgIpc) is 3.68. The summed E-state index contributed by atoms with van der Waals surface area (Å²) < 4.78 is 36.7. The molecule has 4 atom stereocenters. The van der Waals surface area contributed by atoms with Crippen LogP contribution in [0.5, 0.6) is 6.01 Å². The smallest absolute Gasteiger partial charge is 0.319 e. The third-order valence-corrected chi connectivity index (χ3v) is 10.3. The summed E-state index contributed by atoms with van der Waals surface area (Å²) in [5, 5.41) is 6.42. The molecule has 4 aliphatic heterocycles. The van der Waals surface area contributed by atoms with Gasteiger partial charge in [0, 0.05) is 53.4 Å². The molecule has 10 heteroatoms. The molecule has 4 fully saturated rings. The molecular formula is C32H33ClF2N6O. The highest BCUT2D eigenvalue weighted by Gasteiger charge is 2.50. The third-order valence-electron chi connectivity index (χ3n) is 9.95. The lowest BCUT2D eigenvalue weighted by molar-refractivity contribution is 0.0772. The number of aromatic nitrogens is 3. The molecule has 0 saturated carbocycles. The topological polar surface area (TPSA) is 66.4 Å². The van der Waals surface area contributed by atoms with E-state index in [9.17, 15) is 4.39 Å². The van der Waals surface area contributed by atoms with Gasteiger partial charge in [-0.05, 0) is 56.5 Å². The van der Waals surface area contributed by atoms with E-state index in [0.717, 1.165) is 68.9 Å². The minimum absolute atomic E-state index is 0.0564. The lowest BCUT2D eigenvalue weighted by Crippen LogP contribution is -2.51. The molecule has 7 nitrogen and oxygen atoms in total. The normalized spacial score (nSPS) is 27.3. The Balaban J connectivity index is 1.23. The number of anilines is 1. The van der Waals surface area contributed by atoms with Crippen LogP contribution >= 0.6 is 11.6 Å². The van der Waals surface area contributed by atoms with Gasteiger partial charge < -0.3 is 15.0 Å². The van der Waals surface area contributed by atoms with Gasteiger partial charge in [-0.25, -0.2) is 8.78 Å². The molecule has 0 amide bonds. The van der Waals surface area contributed by atoms with Gasteiger partial charge in [0.05, 0.1) is 10.9 Å². The van der Waals surface area contributed by atoms with Crippen LogP contribution in [-0.2, 0) is 0 Å². The van der Waals surface area contributed by atoms with Crippen molar-refractivity contribution in [2.45, 2.75) is 62.2 Å². The number of nitrogens with zero attached hydrogens (tertiary/aromatic N) is 5. The lowest BCUT2D eigenvalue weighted by atomic mass is 9.95. The predicted molar refractivity (Wildman–Crippen MR) is 161 cm³/mol. The predicted octanol–water partition coefficient (Wildman–Crippen LogP) is 5.92. The highest BCUT2D eigenvalue weighted by molar-refractivity contribution is 6.36. The number of fused-ring (bicyclic) bond motifs is 5. The summed E-state index contributed by atoms with van der Waals surface area (Å²) in [4.78, 5) is 18.7. The monoisotopic (exact) mass is 590 g/mol. The molecule has 4 saturated heterocycles. The number of halogens is 3. The number of hydrogen-bond acceptors (Lipinski definition) is 7. The van der Waals surface area contributed by atoms with Gasteiger partial charge in [0.2, 0.25) is 0 Å². The summed E-state index contributed by atoms with van der Waals surface area (Å²) in [6.45, 7) is 2.45. The maximum atomic E-state index is 16.6. The van der Waals surface area contributed by atoms with E-state index in [4.69, 9.17) is 21.3 Å². The van der Waals surface area contributed by atoms with Gasteiger partial charge in [-0.15, -0.1) is 0 Å². The number of hydrogen-bond donors (Lipinski definition) is 1. The zero-order valence-corrected chi connectivity index (χ0v) is 24.1. The Hall–Kier alpha value is -3.14. The Kier molecular flexibility index (Phi) is 6.46. The van der Waals surface area contributed by atoms with Gasteiger partial charge in [-0.3, -0.25) is 9.88 Å².